The molecule has 0 unspecified atom stereocenters. The molecule has 1 N–H and O–H groups in total. The molecular weight excluding hydrogens is 338 g/mol. The van der Waals surface area contributed by atoms with Crippen LogP contribution in [0.1, 0.15) is 42.6 Å². The Labute approximate surface area is 151 Å². The van der Waals surface area contributed by atoms with Crippen molar-refractivity contribution in [1.82, 2.24) is 14.5 Å². The van der Waals surface area contributed by atoms with Gasteiger partial charge in [-0.2, -0.15) is 0 Å². The number of sulfonamides is 1. The molecule has 1 aliphatic rings. The molecule has 1 saturated heterocycles. The molecule has 1 amide bonds. The van der Waals surface area contributed by atoms with Crippen molar-refractivity contribution in [2.24, 2.45) is 0 Å². The predicted molar refractivity (Wildman–Crippen MR) is 99.3 cm³/mol. The Hall–Kier alpha value is -1.44. The molecule has 0 radical (unpaired) electrons. The van der Waals surface area contributed by atoms with E-state index in [4.69, 9.17) is 0 Å². The molecule has 2 rings (SSSR count). The SMILES string of the molecule is CCCN(CCC)C(=O)c1cc(S(=O)(=O)NCCN2CC2)ccc1C. The fourth-order valence-electron chi connectivity index (χ4n) is 2.74. The van der Waals surface area contributed by atoms with Crippen molar-refractivity contribution in [3.8, 4) is 0 Å². The maximum absolute atomic E-state index is 12.8. The van der Waals surface area contributed by atoms with Crippen molar-refractivity contribution in [2.75, 3.05) is 39.3 Å². The van der Waals surface area contributed by atoms with Crippen LogP contribution < -0.4 is 4.72 Å². The minimum Gasteiger partial charge on any atom is -0.339 e. The maximum atomic E-state index is 12.8. The minimum absolute atomic E-state index is 0.0951. The van der Waals surface area contributed by atoms with Gasteiger partial charge in [-0.3, -0.25) is 9.69 Å². The van der Waals surface area contributed by atoms with E-state index in [0.29, 0.717) is 25.2 Å². The van der Waals surface area contributed by atoms with Gasteiger partial charge in [0.1, 0.15) is 0 Å². The molecule has 7 heteroatoms. The molecule has 6 nitrogen and oxygen atoms in total. The number of hydrogen-bond donors (Lipinski definition) is 1. The summed E-state index contributed by atoms with van der Waals surface area (Å²) >= 11 is 0. The minimum atomic E-state index is -3.60. The van der Waals surface area contributed by atoms with Crippen LogP contribution in [-0.4, -0.2) is 63.4 Å². The van der Waals surface area contributed by atoms with Crippen molar-refractivity contribution >= 4 is 15.9 Å². The van der Waals surface area contributed by atoms with Gasteiger partial charge in [0.2, 0.25) is 10.0 Å². The Kier molecular flexibility index (Phi) is 6.98. The van der Waals surface area contributed by atoms with Crippen LogP contribution in [0.4, 0.5) is 0 Å². The molecule has 1 aromatic rings. The molecule has 140 valence electrons. The second-order valence-electron chi connectivity index (χ2n) is 6.51. The highest BCUT2D eigenvalue weighted by Gasteiger charge is 2.22. The lowest BCUT2D eigenvalue weighted by molar-refractivity contribution is 0.0754. The van der Waals surface area contributed by atoms with E-state index in [-0.39, 0.29) is 10.8 Å². The third kappa shape index (κ3) is 5.52. The molecule has 0 spiro atoms. The van der Waals surface area contributed by atoms with Crippen molar-refractivity contribution in [2.45, 2.75) is 38.5 Å². The van der Waals surface area contributed by atoms with Crippen LogP contribution in [0.3, 0.4) is 0 Å². The van der Waals surface area contributed by atoms with Gasteiger partial charge in [-0.15, -0.1) is 0 Å². The molecule has 0 aromatic heterocycles. The van der Waals surface area contributed by atoms with Crippen molar-refractivity contribution in [3.05, 3.63) is 29.3 Å². The summed E-state index contributed by atoms with van der Waals surface area (Å²) < 4.78 is 27.6. The van der Waals surface area contributed by atoms with E-state index in [9.17, 15) is 13.2 Å². The molecule has 25 heavy (non-hydrogen) atoms. The molecule has 0 saturated carbocycles. The van der Waals surface area contributed by atoms with Crippen LogP contribution in [0.15, 0.2) is 23.1 Å². The largest absolute Gasteiger partial charge is 0.339 e. The molecule has 0 atom stereocenters. The molecule has 1 aliphatic heterocycles. The summed E-state index contributed by atoms with van der Waals surface area (Å²) in [6, 6.07) is 4.79. The second kappa shape index (κ2) is 8.78. The van der Waals surface area contributed by atoms with E-state index in [2.05, 4.69) is 9.62 Å². The van der Waals surface area contributed by atoms with Crippen LogP contribution in [-0.2, 0) is 10.0 Å². The van der Waals surface area contributed by atoms with Gasteiger partial charge in [-0.25, -0.2) is 13.1 Å². The first-order valence-corrected chi connectivity index (χ1v) is 10.5. The normalized spacial score (nSPS) is 14.5. The predicted octanol–water partition coefficient (Wildman–Crippen LogP) is 1.85. The average Bonchev–Trinajstić information content (AvgIpc) is 3.38. The Morgan fingerprint density at radius 3 is 2.40 bits per heavy atom. The molecule has 1 fully saturated rings. The Morgan fingerprint density at radius 2 is 1.84 bits per heavy atom. The van der Waals surface area contributed by atoms with Crippen molar-refractivity contribution < 1.29 is 13.2 Å². The molecular formula is C18H29N3O3S. The van der Waals surface area contributed by atoms with Crippen LogP contribution in [0, 0.1) is 6.92 Å². The number of carbonyl (C=O) groups excluding carboxylic acids is 1. The molecule has 0 aliphatic carbocycles. The van der Waals surface area contributed by atoms with Gasteiger partial charge in [0, 0.05) is 44.8 Å². The van der Waals surface area contributed by atoms with E-state index < -0.39 is 10.0 Å². The Balaban J connectivity index is 2.18. The van der Waals surface area contributed by atoms with E-state index in [0.717, 1.165) is 38.0 Å². The van der Waals surface area contributed by atoms with Crippen LogP contribution in [0.5, 0.6) is 0 Å². The van der Waals surface area contributed by atoms with Crippen molar-refractivity contribution in [3.63, 3.8) is 0 Å². The third-order valence-electron chi connectivity index (χ3n) is 4.28. The highest BCUT2D eigenvalue weighted by atomic mass is 32.2. The summed E-state index contributed by atoms with van der Waals surface area (Å²) in [5.74, 6) is -0.0951. The lowest BCUT2D eigenvalue weighted by Crippen LogP contribution is -2.33. The van der Waals surface area contributed by atoms with Gasteiger partial charge < -0.3 is 4.90 Å². The van der Waals surface area contributed by atoms with Gasteiger partial charge >= 0.3 is 0 Å². The van der Waals surface area contributed by atoms with Crippen molar-refractivity contribution in [1.29, 1.82) is 0 Å². The summed E-state index contributed by atoms with van der Waals surface area (Å²) in [5.41, 5.74) is 1.26. The third-order valence-corrected chi connectivity index (χ3v) is 5.74. The molecule has 1 heterocycles. The van der Waals surface area contributed by atoms with Gasteiger partial charge in [0.15, 0.2) is 0 Å². The molecule has 1 aromatic carbocycles. The van der Waals surface area contributed by atoms with Crippen LogP contribution >= 0.6 is 0 Å². The number of benzene rings is 1. The summed E-state index contributed by atoms with van der Waals surface area (Å²) in [5, 5.41) is 0. The lowest BCUT2D eigenvalue weighted by atomic mass is 10.1. The Bertz CT molecular complexity index is 694. The highest BCUT2D eigenvalue weighted by molar-refractivity contribution is 7.89. The quantitative estimate of drug-likeness (QED) is 0.641. The highest BCUT2D eigenvalue weighted by Crippen LogP contribution is 2.18. The zero-order valence-electron chi connectivity index (χ0n) is 15.4. The number of aryl methyl sites for hydroxylation is 1. The topological polar surface area (TPSA) is 69.5 Å². The van der Waals surface area contributed by atoms with Crippen LogP contribution in [0.25, 0.3) is 0 Å². The number of amides is 1. The van der Waals surface area contributed by atoms with E-state index in [1.807, 2.05) is 20.8 Å². The number of hydrogen-bond acceptors (Lipinski definition) is 4. The lowest BCUT2D eigenvalue weighted by Gasteiger charge is -2.22. The molecule has 0 bridgehead atoms. The first kappa shape index (κ1) is 19.9. The summed E-state index contributed by atoms with van der Waals surface area (Å²) in [6.07, 6.45) is 1.75. The number of nitrogens with one attached hydrogen (secondary N) is 1. The van der Waals surface area contributed by atoms with Crippen LogP contribution in [0.2, 0.25) is 0 Å². The monoisotopic (exact) mass is 367 g/mol. The maximum Gasteiger partial charge on any atom is 0.254 e. The summed E-state index contributed by atoms with van der Waals surface area (Å²) in [6.45, 7) is 10.4. The van der Waals surface area contributed by atoms with Gasteiger partial charge in [-0.1, -0.05) is 19.9 Å². The summed E-state index contributed by atoms with van der Waals surface area (Å²) in [4.78, 5) is 16.9. The first-order chi connectivity index (χ1) is 11.9. The fraction of sp³-hybridized carbons (Fsp3) is 0.611. The van der Waals surface area contributed by atoms with Gasteiger partial charge in [-0.05, 0) is 37.5 Å². The van der Waals surface area contributed by atoms with E-state index in [1.165, 1.54) is 6.07 Å². The average molecular weight is 368 g/mol. The van der Waals surface area contributed by atoms with E-state index >= 15 is 0 Å². The number of carbonyl (C=O) groups is 1. The zero-order valence-corrected chi connectivity index (χ0v) is 16.2. The number of rotatable bonds is 10. The first-order valence-electron chi connectivity index (χ1n) is 9.01. The fourth-order valence-corrected chi connectivity index (χ4v) is 3.79. The van der Waals surface area contributed by atoms with E-state index in [1.54, 1.807) is 17.0 Å². The summed E-state index contributed by atoms with van der Waals surface area (Å²) in [7, 11) is -3.60. The number of nitrogens with zero attached hydrogens (tertiary/aromatic N) is 2. The smallest absolute Gasteiger partial charge is 0.254 e. The van der Waals surface area contributed by atoms with Gasteiger partial charge in [0.25, 0.3) is 5.91 Å². The zero-order chi connectivity index (χ0) is 18.4. The standard InChI is InChI=1S/C18H29N3O3S/c1-4-9-21(10-5-2)18(22)17-14-16(7-6-15(17)3)25(23,24)19-8-11-20-12-13-20/h6-7,14,19H,4-5,8-13H2,1-3H3. The van der Waals surface area contributed by atoms with Gasteiger partial charge in [0.05, 0.1) is 4.90 Å². The second-order valence-corrected chi connectivity index (χ2v) is 8.28. The Morgan fingerprint density at radius 1 is 1.20 bits per heavy atom.